The van der Waals surface area contributed by atoms with Gasteiger partial charge in [0.05, 0.1) is 12.6 Å². The fourth-order valence-corrected chi connectivity index (χ4v) is 3.02. The molecule has 28 heavy (non-hydrogen) atoms. The minimum atomic E-state index is -0.211. The number of nitrogens with zero attached hydrogens (tertiary/aromatic N) is 5. The second-order valence-corrected chi connectivity index (χ2v) is 7.27. The number of hydrogen-bond donors (Lipinski definition) is 1. The lowest BCUT2D eigenvalue weighted by Gasteiger charge is -2.23. The molecule has 2 aromatic heterocycles. The van der Waals surface area contributed by atoms with Crippen LogP contribution in [0.1, 0.15) is 37.9 Å². The lowest BCUT2D eigenvalue weighted by Crippen LogP contribution is -2.40. The van der Waals surface area contributed by atoms with Crippen molar-refractivity contribution >= 4 is 6.03 Å². The molecule has 1 unspecified atom stereocenters. The summed E-state index contributed by atoms with van der Waals surface area (Å²) >= 11 is 0. The maximum absolute atomic E-state index is 12.7. The van der Waals surface area contributed by atoms with E-state index in [0.29, 0.717) is 18.2 Å². The van der Waals surface area contributed by atoms with E-state index in [-0.39, 0.29) is 12.1 Å². The first-order valence-electron chi connectivity index (χ1n) is 9.30. The highest BCUT2D eigenvalue weighted by Gasteiger charge is 2.23. The summed E-state index contributed by atoms with van der Waals surface area (Å²) in [6, 6.07) is 11.2. The molecule has 0 saturated carbocycles. The van der Waals surface area contributed by atoms with E-state index in [0.717, 1.165) is 23.5 Å². The number of aryl methyl sites for hydroxylation is 1. The summed E-state index contributed by atoms with van der Waals surface area (Å²) < 4.78 is 7.09. The minimum absolute atomic E-state index is 0.202. The Morgan fingerprint density at radius 2 is 2.04 bits per heavy atom. The highest BCUT2D eigenvalue weighted by atomic mass is 16.5. The van der Waals surface area contributed by atoms with E-state index in [1.807, 2.05) is 43.4 Å². The van der Waals surface area contributed by atoms with Gasteiger partial charge in [-0.25, -0.2) is 9.78 Å². The molecular formula is C20H26N6O2. The van der Waals surface area contributed by atoms with Gasteiger partial charge in [0.15, 0.2) is 5.76 Å². The maximum Gasteiger partial charge on any atom is 0.318 e. The van der Waals surface area contributed by atoms with Crippen molar-refractivity contribution in [3.8, 4) is 11.3 Å². The smallest absolute Gasteiger partial charge is 0.318 e. The Balaban J connectivity index is 1.65. The van der Waals surface area contributed by atoms with Crippen LogP contribution in [0.3, 0.4) is 0 Å². The maximum atomic E-state index is 12.7. The Morgan fingerprint density at radius 3 is 2.68 bits per heavy atom. The van der Waals surface area contributed by atoms with Crippen molar-refractivity contribution < 1.29 is 9.32 Å². The molecular weight excluding hydrogens is 356 g/mol. The topological polar surface area (TPSA) is 89.1 Å². The van der Waals surface area contributed by atoms with E-state index in [1.54, 1.807) is 16.6 Å². The van der Waals surface area contributed by atoms with Gasteiger partial charge in [0.2, 0.25) is 0 Å². The summed E-state index contributed by atoms with van der Waals surface area (Å²) in [6.45, 7) is 4.54. The Labute approximate surface area is 164 Å². The molecule has 8 heteroatoms. The van der Waals surface area contributed by atoms with Gasteiger partial charge < -0.3 is 14.7 Å². The van der Waals surface area contributed by atoms with Crippen molar-refractivity contribution in [1.82, 2.24) is 30.1 Å². The third-order valence-corrected chi connectivity index (χ3v) is 4.43. The molecule has 1 aromatic carbocycles. The van der Waals surface area contributed by atoms with Crippen molar-refractivity contribution in [2.45, 2.75) is 32.9 Å². The zero-order valence-electron chi connectivity index (χ0n) is 16.7. The van der Waals surface area contributed by atoms with Crippen molar-refractivity contribution in [3.05, 3.63) is 54.3 Å². The van der Waals surface area contributed by atoms with Crippen molar-refractivity contribution in [2.75, 3.05) is 7.05 Å². The van der Waals surface area contributed by atoms with Gasteiger partial charge >= 0.3 is 6.03 Å². The second kappa shape index (κ2) is 8.69. The van der Waals surface area contributed by atoms with Crippen LogP contribution in [-0.4, -0.2) is 37.9 Å². The highest BCUT2D eigenvalue weighted by Crippen LogP contribution is 2.21. The minimum Gasteiger partial charge on any atom is -0.359 e. The first kappa shape index (κ1) is 19.6. The van der Waals surface area contributed by atoms with Crippen LogP contribution in [0, 0.1) is 5.92 Å². The summed E-state index contributed by atoms with van der Waals surface area (Å²) in [5, 5.41) is 11.3. The molecule has 1 N–H and O–H groups in total. The van der Waals surface area contributed by atoms with Crippen LogP contribution in [0.5, 0.6) is 0 Å². The third kappa shape index (κ3) is 4.76. The average molecular weight is 382 g/mol. The van der Waals surface area contributed by atoms with Gasteiger partial charge in [0.1, 0.15) is 17.8 Å². The summed E-state index contributed by atoms with van der Waals surface area (Å²) in [7, 11) is 3.55. The SMILES string of the molecule is CC(C)CC(NC(=O)N(C)Cc1cc(-c2ccccc2)no1)c1ncnn1C. The number of carbonyl (C=O) groups excluding carboxylic acids is 1. The standard InChI is InChI=1S/C20H26N6O2/c1-14(2)10-18(19-21-13-22-26(19)4)23-20(27)25(3)12-16-11-17(24-28-16)15-8-6-5-7-9-15/h5-9,11,13-14,18H,10,12H2,1-4H3,(H,23,27). The Kier molecular flexibility index (Phi) is 6.08. The van der Waals surface area contributed by atoms with Crippen molar-refractivity contribution in [3.63, 3.8) is 0 Å². The van der Waals surface area contributed by atoms with Crippen LogP contribution in [-0.2, 0) is 13.6 Å². The van der Waals surface area contributed by atoms with E-state index >= 15 is 0 Å². The molecule has 0 radical (unpaired) electrons. The zero-order valence-corrected chi connectivity index (χ0v) is 16.7. The normalized spacial score (nSPS) is 12.2. The number of carbonyl (C=O) groups is 1. The average Bonchev–Trinajstić information content (AvgIpc) is 3.30. The van der Waals surface area contributed by atoms with Crippen LogP contribution in [0.2, 0.25) is 0 Å². The number of hydrogen-bond acceptors (Lipinski definition) is 5. The molecule has 0 aliphatic carbocycles. The van der Waals surface area contributed by atoms with E-state index in [9.17, 15) is 4.79 Å². The molecule has 3 rings (SSSR count). The second-order valence-electron chi connectivity index (χ2n) is 7.27. The predicted molar refractivity (Wildman–Crippen MR) is 105 cm³/mol. The number of nitrogens with one attached hydrogen (secondary N) is 1. The molecule has 0 saturated heterocycles. The van der Waals surface area contributed by atoms with Crippen LogP contribution in [0.15, 0.2) is 47.2 Å². The quantitative estimate of drug-likeness (QED) is 0.676. The van der Waals surface area contributed by atoms with Crippen LogP contribution in [0.4, 0.5) is 4.79 Å². The van der Waals surface area contributed by atoms with E-state index in [2.05, 4.69) is 34.4 Å². The monoisotopic (exact) mass is 382 g/mol. The van der Waals surface area contributed by atoms with Crippen molar-refractivity contribution in [2.24, 2.45) is 13.0 Å². The lowest BCUT2D eigenvalue weighted by molar-refractivity contribution is 0.194. The lowest BCUT2D eigenvalue weighted by atomic mass is 10.0. The Hall–Kier alpha value is -3.16. The van der Waals surface area contributed by atoms with Crippen LogP contribution in [0.25, 0.3) is 11.3 Å². The van der Waals surface area contributed by atoms with Gasteiger partial charge in [0, 0.05) is 25.7 Å². The Morgan fingerprint density at radius 1 is 1.29 bits per heavy atom. The fraction of sp³-hybridized carbons (Fsp3) is 0.400. The number of aromatic nitrogens is 4. The largest absolute Gasteiger partial charge is 0.359 e. The van der Waals surface area contributed by atoms with Gasteiger partial charge in [-0.05, 0) is 12.3 Å². The molecule has 8 nitrogen and oxygen atoms in total. The highest BCUT2D eigenvalue weighted by molar-refractivity contribution is 5.74. The molecule has 2 heterocycles. The van der Waals surface area contributed by atoms with Crippen LogP contribution < -0.4 is 5.32 Å². The van der Waals surface area contributed by atoms with Gasteiger partial charge in [0.25, 0.3) is 0 Å². The van der Waals surface area contributed by atoms with E-state index < -0.39 is 0 Å². The van der Waals surface area contributed by atoms with Crippen molar-refractivity contribution in [1.29, 1.82) is 0 Å². The molecule has 0 aliphatic rings. The van der Waals surface area contributed by atoms with E-state index in [4.69, 9.17) is 4.52 Å². The van der Waals surface area contributed by atoms with Gasteiger partial charge in [-0.15, -0.1) is 0 Å². The molecule has 0 fully saturated rings. The van der Waals surface area contributed by atoms with Crippen LogP contribution >= 0.6 is 0 Å². The van der Waals surface area contributed by atoms with Gasteiger partial charge in [-0.1, -0.05) is 49.3 Å². The van der Waals surface area contributed by atoms with E-state index in [1.165, 1.54) is 6.33 Å². The molecule has 0 aliphatic heterocycles. The number of rotatable bonds is 7. The third-order valence-electron chi connectivity index (χ3n) is 4.43. The zero-order chi connectivity index (χ0) is 20.1. The molecule has 2 amide bonds. The Bertz CT molecular complexity index is 902. The first-order valence-corrected chi connectivity index (χ1v) is 9.30. The summed E-state index contributed by atoms with van der Waals surface area (Å²) in [5.74, 6) is 1.76. The van der Waals surface area contributed by atoms with Gasteiger partial charge in [-0.3, -0.25) is 4.68 Å². The predicted octanol–water partition coefficient (Wildman–Crippen LogP) is 3.40. The number of benzene rings is 1. The summed E-state index contributed by atoms with van der Waals surface area (Å²) in [6.07, 6.45) is 2.27. The summed E-state index contributed by atoms with van der Waals surface area (Å²) in [4.78, 5) is 18.6. The van der Waals surface area contributed by atoms with Gasteiger partial charge in [-0.2, -0.15) is 5.10 Å². The molecule has 1 atom stereocenters. The molecule has 0 bridgehead atoms. The number of amides is 2. The molecule has 0 spiro atoms. The number of urea groups is 1. The summed E-state index contributed by atoms with van der Waals surface area (Å²) in [5.41, 5.74) is 1.73. The molecule has 3 aromatic rings. The molecule has 148 valence electrons. The first-order chi connectivity index (χ1) is 13.4. The fourth-order valence-electron chi connectivity index (χ4n) is 3.02.